The molecule has 19 heavy (non-hydrogen) atoms. The van der Waals surface area contributed by atoms with Gasteiger partial charge in [-0.3, -0.25) is 4.68 Å². The molecule has 0 amide bonds. The number of thiol groups is 1. The minimum absolute atomic E-state index is 0.536. The maximum Gasteiger partial charge on any atom is 0.209 e. The second kappa shape index (κ2) is 4.85. The van der Waals surface area contributed by atoms with Crippen LogP contribution in [-0.4, -0.2) is 30.0 Å². The number of hydrogen-bond acceptors (Lipinski definition) is 5. The van der Waals surface area contributed by atoms with Crippen LogP contribution < -0.4 is 0 Å². The molecule has 3 aromatic rings. The van der Waals surface area contributed by atoms with E-state index in [1.807, 2.05) is 37.4 Å². The monoisotopic (exact) mass is 272 g/mol. The van der Waals surface area contributed by atoms with E-state index in [0.717, 1.165) is 16.2 Å². The summed E-state index contributed by atoms with van der Waals surface area (Å²) >= 11 is 4.37. The molecule has 0 aliphatic heterocycles. The average Bonchev–Trinajstić information content (AvgIpc) is 3.00. The molecule has 96 valence electrons. The molecule has 0 atom stereocenters. The van der Waals surface area contributed by atoms with Gasteiger partial charge in [-0.25, -0.2) is 0 Å². The zero-order valence-electron chi connectivity index (χ0n) is 10.3. The first kappa shape index (κ1) is 11.9. The van der Waals surface area contributed by atoms with Gasteiger partial charge in [-0.2, -0.15) is 9.90 Å². The SMILES string of the molecule is Cn1ncc(-c2nnn(Cc3ccccc3)n2)c1S. The Morgan fingerprint density at radius 1 is 1.21 bits per heavy atom. The van der Waals surface area contributed by atoms with Gasteiger partial charge in [0.05, 0.1) is 18.3 Å². The third kappa shape index (κ3) is 2.37. The summed E-state index contributed by atoms with van der Waals surface area (Å²) in [5.41, 5.74) is 1.91. The van der Waals surface area contributed by atoms with E-state index in [1.54, 1.807) is 15.7 Å². The summed E-state index contributed by atoms with van der Waals surface area (Å²) < 4.78 is 1.66. The first-order valence-electron chi connectivity index (χ1n) is 5.77. The lowest BCUT2D eigenvalue weighted by molar-refractivity contribution is 0.573. The van der Waals surface area contributed by atoms with Crippen molar-refractivity contribution in [2.24, 2.45) is 7.05 Å². The molecule has 0 aliphatic rings. The largest absolute Gasteiger partial charge is 0.262 e. The van der Waals surface area contributed by atoms with Gasteiger partial charge in [-0.15, -0.1) is 22.8 Å². The van der Waals surface area contributed by atoms with Crippen molar-refractivity contribution in [1.29, 1.82) is 0 Å². The fraction of sp³-hybridized carbons (Fsp3) is 0.167. The van der Waals surface area contributed by atoms with E-state index < -0.39 is 0 Å². The lowest BCUT2D eigenvalue weighted by Gasteiger charge is -1.98. The van der Waals surface area contributed by atoms with E-state index in [0.29, 0.717) is 12.4 Å². The van der Waals surface area contributed by atoms with E-state index in [4.69, 9.17) is 0 Å². The molecule has 3 rings (SSSR count). The lowest BCUT2D eigenvalue weighted by atomic mass is 10.2. The Bertz CT molecular complexity index is 687. The molecule has 7 heteroatoms. The summed E-state index contributed by atoms with van der Waals surface area (Å²) in [7, 11) is 1.82. The summed E-state index contributed by atoms with van der Waals surface area (Å²) in [4.78, 5) is 1.56. The number of aromatic nitrogens is 6. The summed E-state index contributed by atoms with van der Waals surface area (Å²) in [6, 6.07) is 10.0. The molecule has 0 bridgehead atoms. The number of aryl methyl sites for hydroxylation is 1. The molecule has 0 radical (unpaired) electrons. The quantitative estimate of drug-likeness (QED) is 0.732. The van der Waals surface area contributed by atoms with Crippen LogP contribution in [0.1, 0.15) is 5.56 Å². The third-order valence-corrected chi connectivity index (χ3v) is 3.30. The van der Waals surface area contributed by atoms with E-state index >= 15 is 0 Å². The highest BCUT2D eigenvalue weighted by Crippen LogP contribution is 2.21. The second-order valence-corrected chi connectivity index (χ2v) is 4.56. The van der Waals surface area contributed by atoms with Gasteiger partial charge >= 0.3 is 0 Å². The van der Waals surface area contributed by atoms with Crippen LogP contribution >= 0.6 is 12.6 Å². The Kier molecular flexibility index (Phi) is 3.04. The van der Waals surface area contributed by atoms with Crippen LogP contribution in [0.2, 0.25) is 0 Å². The van der Waals surface area contributed by atoms with E-state index in [2.05, 4.69) is 33.1 Å². The van der Waals surface area contributed by atoms with E-state index in [-0.39, 0.29) is 0 Å². The molecule has 6 nitrogen and oxygen atoms in total. The molecule has 0 unspecified atom stereocenters. The Morgan fingerprint density at radius 2 is 2.00 bits per heavy atom. The fourth-order valence-corrected chi connectivity index (χ4v) is 1.96. The van der Waals surface area contributed by atoms with Crippen LogP contribution in [0.25, 0.3) is 11.4 Å². The van der Waals surface area contributed by atoms with Crippen molar-refractivity contribution >= 4 is 12.6 Å². The van der Waals surface area contributed by atoms with Crippen LogP contribution in [0.5, 0.6) is 0 Å². The molecule has 0 fully saturated rings. The Hall–Kier alpha value is -2.15. The second-order valence-electron chi connectivity index (χ2n) is 4.13. The Balaban J connectivity index is 1.86. The van der Waals surface area contributed by atoms with Crippen LogP contribution in [0.15, 0.2) is 41.6 Å². The third-order valence-electron chi connectivity index (χ3n) is 2.77. The van der Waals surface area contributed by atoms with Crippen LogP contribution in [0, 0.1) is 0 Å². The van der Waals surface area contributed by atoms with Crippen LogP contribution in [0.3, 0.4) is 0 Å². The molecule has 2 aromatic heterocycles. The molecular weight excluding hydrogens is 260 g/mol. The number of benzene rings is 1. The maximum absolute atomic E-state index is 4.37. The van der Waals surface area contributed by atoms with Gasteiger partial charge in [-0.05, 0) is 10.8 Å². The smallest absolute Gasteiger partial charge is 0.209 e. The van der Waals surface area contributed by atoms with Crippen molar-refractivity contribution in [3.05, 3.63) is 42.1 Å². The van der Waals surface area contributed by atoms with Crippen molar-refractivity contribution in [1.82, 2.24) is 30.0 Å². The standard InChI is InChI=1S/C12H12N6S/c1-17-12(19)10(7-13-17)11-14-16-18(15-11)8-9-5-3-2-4-6-9/h2-7,19H,8H2,1H3. The predicted octanol–water partition coefficient (Wildman–Crippen LogP) is 1.41. The highest BCUT2D eigenvalue weighted by molar-refractivity contribution is 7.80. The average molecular weight is 272 g/mol. The van der Waals surface area contributed by atoms with Crippen molar-refractivity contribution in [3.63, 3.8) is 0 Å². The van der Waals surface area contributed by atoms with E-state index in [9.17, 15) is 0 Å². The van der Waals surface area contributed by atoms with Crippen molar-refractivity contribution < 1.29 is 0 Å². The molecule has 0 aliphatic carbocycles. The summed E-state index contributed by atoms with van der Waals surface area (Å²) in [6.07, 6.45) is 1.69. The molecule has 1 aromatic carbocycles. The Labute approximate surface area is 115 Å². The summed E-state index contributed by atoms with van der Waals surface area (Å²) in [5, 5.41) is 17.3. The minimum atomic E-state index is 0.536. The number of hydrogen-bond donors (Lipinski definition) is 1. The van der Waals surface area contributed by atoms with Crippen molar-refractivity contribution in [2.45, 2.75) is 11.6 Å². The van der Waals surface area contributed by atoms with Gasteiger partial charge in [0.2, 0.25) is 5.82 Å². The van der Waals surface area contributed by atoms with Gasteiger partial charge in [0.1, 0.15) is 5.03 Å². The van der Waals surface area contributed by atoms with Gasteiger partial charge in [0, 0.05) is 7.05 Å². The van der Waals surface area contributed by atoms with Crippen molar-refractivity contribution in [2.75, 3.05) is 0 Å². The van der Waals surface area contributed by atoms with Crippen LogP contribution in [0.4, 0.5) is 0 Å². The highest BCUT2D eigenvalue weighted by atomic mass is 32.1. The number of nitrogens with zero attached hydrogens (tertiary/aromatic N) is 6. The highest BCUT2D eigenvalue weighted by Gasteiger charge is 2.12. The minimum Gasteiger partial charge on any atom is -0.262 e. The van der Waals surface area contributed by atoms with Gasteiger partial charge < -0.3 is 0 Å². The molecule has 0 saturated carbocycles. The first-order chi connectivity index (χ1) is 9.24. The fourth-order valence-electron chi connectivity index (χ4n) is 1.75. The Morgan fingerprint density at radius 3 is 2.68 bits per heavy atom. The van der Waals surface area contributed by atoms with Crippen molar-refractivity contribution in [3.8, 4) is 11.4 Å². The lowest BCUT2D eigenvalue weighted by Crippen LogP contribution is -2.03. The van der Waals surface area contributed by atoms with Gasteiger partial charge in [0.25, 0.3) is 0 Å². The normalized spacial score (nSPS) is 10.8. The summed E-state index contributed by atoms with van der Waals surface area (Å²) in [6.45, 7) is 0.593. The maximum atomic E-state index is 4.37. The summed E-state index contributed by atoms with van der Waals surface area (Å²) in [5.74, 6) is 0.536. The predicted molar refractivity (Wildman–Crippen MR) is 72.8 cm³/mol. The zero-order chi connectivity index (χ0) is 13.2. The topological polar surface area (TPSA) is 61.4 Å². The molecule has 0 N–H and O–H groups in total. The number of tetrazole rings is 1. The first-order valence-corrected chi connectivity index (χ1v) is 6.22. The zero-order valence-corrected chi connectivity index (χ0v) is 11.2. The molecule has 0 spiro atoms. The molecule has 2 heterocycles. The molecule has 0 saturated heterocycles. The van der Waals surface area contributed by atoms with Crippen LogP contribution in [-0.2, 0) is 13.6 Å². The van der Waals surface area contributed by atoms with Gasteiger partial charge in [0.15, 0.2) is 0 Å². The molecular formula is C12H12N6S. The number of rotatable bonds is 3. The van der Waals surface area contributed by atoms with E-state index in [1.165, 1.54) is 0 Å². The van der Waals surface area contributed by atoms with Gasteiger partial charge in [-0.1, -0.05) is 30.3 Å².